The summed E-state index contributed by atoms with van der Waals surface area (Å²) in [5, 5.41) is 0.0489. The lowest BCUT2D eigenvalue weighted by molar-refractivity contribution is -0.142. The summed E-state index contributed by atoms with van der Waals surface area (Å²) < 4.78 is 21.9. The molecule has 0 fully saturated rings. The number of halogens is 3. The molecule has 0 amide bonds. The first-order valence-corrected chi connectivity index (χ1v) is 10.4. The molecule has 2 heterocycles. The molecule has 0 radical (unpaired) electrons. The molecule has 0 aliphatic carbocycles. The van der Waals surface area contributed by atoms with E-state index in [4.69, 9.17) is 16.3 Å². The van der Waals surface area contributed by atoms with Crippen LogP contribution >= 0.6 is 27.5 Å². The molecule has 30 heavy (non-hydrogen) atoms. The van der Waals surface area contributed by atoms with E-state index in [1.807, 2.05) is 6.92 Å². The largest absolute Gasteiger partial charge is 0.423 e. The van der Waals surface area contributed by atoms with Gasteiger partial charge >= 0.3 is 5.97 Å². The Labute approximate surface area is 186 Å². The van der Waals surface area contributed by atoms with Crippen LogP contribution in [0.15, 0.2) is 29.3 Å². The quantitative estimate of drug-likeness (QED) is 0.368. The molecule has 0 N–H and O–H groups in total. The predicted octanol–water partition coefficient (Wildman–Crippen LogP) is 5.20. The first-order chi connectivity index (χ1) is 13.9. The molecule has 3 rings (SSSR count). The second kappa shape index (κ2) is 8.07. The standard InChI is InChI=1S/C21H20BrClFN3O3/c1-10(22)11-6-7-12(24)13(15(11)23)14-17(30-20(29)21(2,3)4)16-18(26-9-8-25-16)27(5)19(14)28/h6-10H,1-5H3. The highest BCUT2D eigenvalue weighted by molar-refractivity contribution is 9.09. The van der Waals surface area contributed by atoms with Gasteiger partial charge in [0.2, 0.25) is 0 Å². The van der Waals surface area contributed by atoms with Gasteiger partial charge in [-0.2, -0.15) is 0 Å². The number of alkyl halides is 1. The summed E-state index contributed by atoms with van der Waals surface area (Å²) in [7, 11) is 1.49. The molecular formula is C21H20BrClFN3O3. The van der Waals surface area contributed by atoms with Crippen LogP contribution in [0, 0.1) is 11.2 Å². The maximum absolute atomic E-state index is 15.0. The zero-order valence-electron chi connectivity index (χ0n) is 17.1. The van der Waals surface area contributed by atoms with Gasteiger partial charge in [-0.05, 0) is 39.3 Å². The number of rotatable bonds is 3. The van der Waals surface area contributed by atoms with E-state index in [1.54, 1.807) is 20.8 Å². The van der Waals surface area contributed by atoms with E-state index in [-0.39, 0.29) is 37.9 Å². The van der Waals surface area contributed by atoms with Crippen molar-refractivity contribution >= 4 is 44.7 Å². The molecule has 6 nitrogen and oxygen atoms in total. The maximum atomic E-state index is 15.0. The lowest BCUT2D eigenvalue weighted by atomic mass is 9.97. The van der Waals surface area contributed by atoms with E-state index >= 15 is 4.39 Å². The molecule has 0 aliphatic rings. The van der Waals surface area contributed by atoms with E-state index in [2.05, 4.69) is 25.9 Å². The third kappa shape index (κ3) is 3.86. The smallest absolute Gasteiger partial charge is 0.316 e. The van der Waals surface area contributed by atoms with Crippen molar-refractivity contribution in [1.82, 2.24) is 14.5 Å². The fourth-order valence-electron chi connectivity index (χ4n) is 2.89. The van der Waals surface area contributed by atoms with Crippen molar-refractivity contribution in [3.8, 4) is 16.9 Å². The average molecular weight is 497 g/mol. The van der Waals surface area contributed by atoms with Crippen LogP contribution in [0.1, 0.15) is 38.1 Å². The molecule has 1 atom stereocenters. The number of pyridine rings is 1. The van der Waals surface area contributed by atoms with E-state index in [9.17, 15) is 9.59 Å². The number of hydrogen-bond acceptors (Lipinski definition) is 5. The topological polar surface area (TPSA) is 74.1 Å². The lowest BCUT2D eigenvalue weighted by Gasteiger charge is -2.20. The number of nitrogens with zero attached hydrogens (tertiary/aromatic N) is 3. The molecule has 1 aromatic carbocycles. The van der Waals surface area contributed by atoms with E-state index in [1.165, 1.54) is 36.1 Å². The molecule has 0 bridgehead atoms. The van der Waals surface area contributed by atoms with Gasteiger partial charge in [-0.3, -0.25) is 14.2 Å². The highest BCUT2D eigenvalue weighted by atomic mass is 79.9. The Bertz CT molecular complexity index is 1220. The highest BCUT2D eigenvalue weighted by Gasteiger charge is 2.31. The third-order valence-electron chi connectivity index (χ3n) is 4.56. The van der Waals surface area contributed by atoms with Crippen LogP contribution in [0.5, 0.6) is 5.75 Å². The Balaban J connectivity index is 2.48. The molecule has 1 unspecified atom stereocenters. The van der Waals surface area contributed by atoms with Crippen LogP contribution in [0.3, 0.4) is 0 Å². The summed E-state index contributed by atoms with van der Waals surface area (Å²) >= 11 is 9.95. The van der Waals surface area contributed by atoms with Crippen molar-refractivity contribution in [2.24, 2.45) is 12.5 Å². The second-order valence-corrected chi connectivity index (χ2v) is 9.63. The molecular weight excluding hydrogens is 477 g/mol. The fourth-order valence-corrected chi connectivity index (χ4v) is 3.81. The van der Waals surface area contributed by atoms with Gasteiger partial charge < -0.3 is 4.74 Å². The van der Waals surface area contributed by atoms with Crippen molar-refractivity contribution in [1.29, 1.82) is 0 Å². The van der Waals surface area contributed by atoms with Crippen molar-refractivity contribution in [2.75, 3.05) is 0 Å². The minimum absolute atomic E-state index is 0.0489. The Morgan fingerprint density at radius 3 is 2.47 bits per heavy atom. The van der Waals surface area contributed by atoms with Gasteiger partial charge in [-0.1, -0.05) is 33.6 Å². The summed E-state index contributed by atoms with van der Waals surface area (Å²) in [4.78, 5) is 34.2. The van der Waals surface area contributed by atoms with Crippen molar-refractivity contribution in [3.05, 3.63) is 51.3 Å². The van der Waals surface area contributed by atoms with E-state index in [0.29, 0.717) is 5.56 Å². The summed E-state index contributed by atoms with van der Waals surface area (Å²) in [6.07, 6.45) is 2.82. The Kier molecular flexibility index (Phi) is 6.02. The van der Waals surface area contributed by atoms with Crippen molar-refractivity contribution in [3.63, 3.8) is 0 Å². The first-order valence-electron chi connectivity index (χ1n) is 9.13. The maximum Gasteiger partial charge on any atom is 0.316 e. The second-order valence-electron chi connectivity index (χ2n) is 7.88. The average Bonchev–Trinajstić information content (AvgIpc) is 2.66. The minimum Gasteiger partial charge on any atom is -0.423 e. The number of hydrogen-bond donors (Lipinski definition) is 0. The number of aromatic nitrogens is 3. The Hall–Kier alpha value is -2.32. The van der Waals surface area contributed by atoms with Crippen LogP contribution in [0.25, 0.3) is 22.3 Å². The third-order valence-corrected chi connectivity index (χ3v) is 5.46. The molecule has 0 spiro atoms. The normalized spacial score (nSPS) is 12.8. The minimum atomic E-state index is -0.874. The number of carbonyl (C=O) groups excluding carboxylic acids is 1. The van der Waals surface area contributed by atoms with Gasteiger partial charge in [0.1, 0.15) is 11.3 Å². The lowest BCUT2D eigenvalue weighted by Crippen LogP contribution is -2.28. The number of fused-ring (bicyclic) bond motifs is 1. The summed E-state index contributed by atoms with van der Waals surface area (Å²) in [6, 6.07) is 2.76. The SMILES string of the molecule is CC(Br)c1ccc(F)c(-c2c(OC(=O)C(C)(C)C)c3nccnc3n(C)c2=O)c1Cl. The van der Waals surface area contributed by atoms with Gasteiger partial charge in [0.05, 0.1) is 16.0 Å². The summed E-state index contributed by atoms with van der Waals surface area (Å²) in [6.45, 7) is 6.84. The van der Waals surface area contributed by atoms with Crippen LogP contribution in [0.4, 0.5) is 4.39 Å². The van der Waals surface area contributed by atoms with Crippen LogP contribution < -0.4 is 10.3 Å². The fraction of sp³-hybridized carbons (Fsp3) is 0.333. The molecule has 2 aromatic heterocycles. The van der Waals surface area contributed by atoms with E-state index in [0.717, 1.165) is 0 Å². The van der Waals surface area contributed by atoms with Crippen LogP contribution in [-0.4, -0.2) is 20.5 Å². The number of carbonyl (C=O) groups is 1. The number of aryl methyl sites for hydroxylation is 1. The number of ether oxygens (including phenoxy) is 1. The summed E-state index contributed by atoms with van der Waals surface area (Å²) in [5.41, 5.74) is -0.876. The zero-order chi connectivity index (χ0) is 22.4. The van der Waals surface area contributed by atoms with Gasteiger partial charge in [0, 0.05) is 29.8 Å². The molecule has 0 saturated carbocycles. The zero-order valence-corrected chi connectivity index (χ0v) is 19.4. The molecule has 0 aliphatic heterocycles. The van der Waals surface area contributed by atoms with Crippen LogP contribution in [-0.2, 0) is 11.8 Å². The number of esters is 1. The van der Waals surface area contributed by atoms with E-state index < -0.39 is 22.8 Å². The molecule has 3 aromatic rings. The molecule has 158 valence electrons. The molecule has 0 saturated heterocycles. The predicted molar refractivity (Wildman–Crippen MR) is 118 cm³/mol. The van der Waals surface area contributed by atoms with Gasteiger partial charge in [0.25, 0.3) is 5.56 Å². The van der Waals surface area contributed by atoms with Crippen molar-refractivity contribution < 1.29 is 13.9 Å². The van der Waals surface area contributed by atoms with Gasteiger partial charge in [-0.15, -0.1) is 0 Å². The Morgan fingerprint density at radius 2 is 1.87 bits per heavy atom. The number of benzene rings is 1. The highest BCUT2D eigenvalue weighted by Crippen LogP contribution is 2.42. The summed E-state index contributed by atoms with van der Waals surface area (Å²) in [5.74, 6) is -1.49. The molecule has 9 heteroatoms. The monoisotopic (exact) mass is 495 g/mol. The first kappa shape index (κ1) is 22.4. The van der Waals surface area contributed by atoms with Crippen molar-refractivity contribution in [2.45, 2.75) is 32.5 Å². The van der Waals surface area contributed by atoms with Gasteiger partial charge in [-0.25, -0.2) is 14.4 Å². The Morgan fingerprint density at radius 1 is 1.23 bits per heavy atom. The van der Waals surface area contributed by atoms with Gasteiger partial charge in [0.15, 0.2) is 11.4 Å². The van der Waals surface area contributed by atoms with Crippen LogP contribution in [0.2, 0.25) is 5.02 Å².